The molecule has 0 fully saturated rings. The third kappa shape index (κ3) is 3.45. The molecule has 7 heteroatoms. The van der Waals surface area contributed by atoms with Crippen LogP contribution in [-0.2, 0) is 4.74 Å². The minimum atomic E-state index is -1.11. The van der Waals surface area contributed by atoms with Gasteiger partial charge in [0, 0.05) is 25.8 Å². The summed E-state index contributed by atoms with van der Waals surface area (Å²) in [6, 6.07) is 3.68. The number of likely N-dealkylation sites (N-methyl/N-ethyl adjacent to an activating group) is 1. The minimum Gasteiger partial charge on any atom is -0.478 e. The molecule has 0 aliphatic heterocycles. The summed E-state index contributed by atoms with van der Waals surface area (Å²) in [7, 11) is 1.55. The Morgan fingerprint density at radius 2 is 2.20 bits per heavy atom. The van der Waals surface area contributed by atoms with E-state index in [2.05, 4.69) is 0 Å². The summed E-state index contributed by atoms with van der Waals surface area (Å²) in [4.78, 5) is 23.4. The number of carboxylic acid groups (broad SMARTS) is 1. The number of rotatable bonds is 7. The molecule has 20 heavy (non-hydrogen) atoms. The molecule has 1 aromatic carbocycles. The molecule has 0 aliphatic rings. The van der Waals surface area contributed by atoms with E-state index >= 15 is 0 Å². The number of carboxylic acids is 1. The van der Waals surface area contributed by atoms with E-state index in [1.165, 1.54) is 18.2 Å². The van der Waals surface area contributed by atoms with E-state index in [-0.39, 0.29) is 17.3 Å². The van der Waals surface area contributed by atoms with Crippen molar-refractivity contribution in [2.24, 2.45) is 0 Å². The molecule has 1 aromatic rings. The maximum absolute atomic E-state index is 11.1. The normalized spacial score (nSPS) is 11.9. The van der Waals surface area contributed by atoms with E-state index in [1.807, 2.05) is 13.8 Å². The Labute approximate surface area is 116 Å². The number of hydrogen-bond donors (Lipinski definition) is 1. The monoisotopic (exact) mass is 282 g/mol. The van der Waals surface area contributed by atoms with E-state index in [4.69, 9.17) is 9.84 Å². The third-order valence-corrected chi connectivity index (χ3v) is 3.01. The van der Waals surface area contributed by atoms with Gasteiger partial charge in [-0.2, -0.15) is 0 Å². The number of anilines is 1. The van der Waals surface area contributed by atoms with Crippen LogP contribution in [0.25, 0.3) is 0 Å². The molecule has 0 amide bonds. The van der Waals surface area contributed by atoms with Gasteiger partial charge in [-0.15, -0.1) is 0 Å². The fourth-order valence-corrected chi connectivity index (χ4v) is 2.09. The van der Waals surface area contributed by atoms with Crippen molar-refractivity contribution in [2.75, 3.05) is 25.2 Å². The van der Waals surface area contributed by atoms with Crippen LogP contribution in [0.15, 0.2) is 18.2 Å². The lowest BCUT2D eigenvalue weighted by Gasteiger charge is -2.29. The zero-order valence-electron chi connectivity index (χ0n) is 11.7. The number of methoxy groups -OCH3 is 1. The molecule has 1 unspecified atom stereocenters. The van der Waals surface area contributed by atoms with Crippen molar-refractivity contribution in [1.82, 2.24) is 0 Å². The Bertz CT molecular complexity index is 504. The minimum absolute atomic E-state index is 0.0219. The summed E-state index contributed by atoms with van der Waals surface area (Å²) < 4.78 is 5.06. The molecule has 1 N–H and O–H groups in total. The second-order valence-corrected chi connectivity index (χ2v) is 4.36. The highest BCUT2D eigenvalue weighted by Crippen LogP contribution is 2.30. The molecular weight excluding hydrogens is 264 g/mol. The van der Waals surface area contributed by atoms with Crippen LogP contribution in [0.3, 0.4) is 0 Å². The maximum atomic E-state index is 11.1. The fourth-order valence-electron chi connectivity index (χ4n) is 2.09. The van der Waals surface area contributed by atoms with Gasteiger partial charge < -0.3 is 14.7 Å². The Morgan fingerprint density at radius 3 is 2.65 bits per heavy atom. The van der Waals surface area contributed by atoms with Gasteiger partial charge in [0.2, 0.25) is 0 Å². The van der Waals surface area contributed by atoms with Gasteiger partial charge >= 0.3 is 5.97 Å². The summed E-state index contributed by atoms with van der Waals surface area (Å²) in [5.74, 6) is -1.11. The topological polar surface area (TPSA) is 92.9 Å². The summed E-state index contributed by atoms with van der Waals surface area (Å²) in [6.07, 6.45) is 0. The predicted molar refractivity (Wildman–Crippen MR) is 74.4 cm³/mol. The van der Waals surface area contributed by atoms with Crippen molar-refractivity contribution >= 4 is 17.3 Å². The highest BCUT2D eigenvalue weighted by Gasteiger charge is 2.23. The van der Waals surface area contributed by atoms with Crippen LogP contribution in [0.2, 0.25) is 0 Å². The molecule has 0 spiro atoms. The first-order valence-corrected chi connectivity index (χ1v) is 6.19. The highest BCUT2D eigenvalue weighted by molar-refractivity contribution is 5.90. The Morgan fingerprint density at radius 1 is 1.55 bits per heavy atom. The molecule has 0 saturated heterocycles. The lowest BCUT2D eigenvalue weighted by molar-refractivity contribution is -0.384. The zero-order chi connectivity index (χ0) is 15.3. The molecule has 110 valence electrons. The van der Waals surface area contributed by atoms with E-state index in [1.54, 1.807) is 12.0 Å². The molecule has 1 rings (SSSR count). The van der Waals surface area contributed by atoms with Gasteiger partial charge in [-0.1, -0.05) is 0 Å². The number of hydrogen-bond acceptors (Lipinski definition) is 5. The number of nitrogens with zero attached hydrogens (tertiary/aromatic N) is 2. The standard InChI is InChI=1S/C13H18N2O5/c1-4-14(9(2)8-20-3)12-7-10(13(16)17)5-6-11(12)15(18)19/h5-7,9H,4,8H2,1-3H3,(H,16,17). The average Bonchev–Trinajstić information content (AvgIpc) is 2.39. The molecule has 1 atom stereocenters. The van der Waals surface area contributed by atoms with Gasteiger partial charge in [0.1, 0.15) is 5.69 Å². The molecule has 7 nitrogen and oxygen atoms in total. The Hall–Kier alpha value is -2.15. The van der Waals surface area contributed by atoms with Crippen molar-refractivity contribution in [1.29, 1.82) is 0 Å². The smallest absolute Gasteiger partial charge is 0.335 e. The van der Waals surface area contributed by atoms with Crippen molar-refractivity contribution < 1.29 is 19.6 Å². The van der Waals surface area contributed by atoms with Gasteiger partial charge in [-0.3, -0.25) is 10.1 Å². The van der Waals surface area contributed by atoms with Gasteiger partial charge in [-0.25, -0.2) is 4.79 Å². The maximum Gasteiger partial charge on any atom is 0.335 e. The molecule has 0 saturated carbocycles. The number of ether oxygens (including phenoxy) is 1. The Kier molecular flexibility index (Phi) is 5.45. The summed E-state index contributed by atoms with van der Waals surface area (Å²) in [6.45, 7) is 4.62. The van der Waals surface area contributed by atoms with E-state index in [0.29, 0.717) is 18.8 Å². The second-order valence-electron chi connectivity index (χ2n) is 4.36. The molecule has 0 aliphatic carbocycles. The van der Waals surface area contributed by atoms with Gasteiger partial charge in [-0.05, 0) is 26.0 Å². The van der Waals surface area contributed by atoms with Crippen molar-refractivity contribution in [3.05, 3.63) is 33.9 Å². The number of aromatic carboxylic acids is 1. The van der Waals surface area contributed by atoms with Crippen LogP contribution in [-0.4, -0.2) is 42.3 Å². The van der Waals surface area contributed by atoms with Crippen molar-refractivity contribution in [3.8, 4) is 0 Å². The second kappa shape index (κ2) is 6.85. The van der Waals surface area contributed by atoms with Crippen LogP contribution in [0.4, 0.5) is 11.4 Å². The first-order chi connectivity index (χ1) is 9.42. The number of nitro groups is 1. The fraction of sp³-hybridized carbons (Fsp3) is 0.462. The van der Waals surface area contributed by atoms with Crippen LogP contribution in [0.5, 0.6) is 0 Å². The third-order valence-electron chi connectivity index (χ3n) is 3.01. The Balaban J connectivity index is 3.32. The van der Waals surface area contributed by atoms with E-state index < -0.39 is 10.9 Å². The zero-order valence-corrected chi connectivity index (χ0v) is 11.7. The van der Waals surface area contributed by atoms with Crippen LogP contribution >= 0.6 is 0 Å². The lowest BCUT2D eigenvalue weighted by atomic mass is 10.1. The first-order valence-electron chi connectivity index (χ1n) is 6.19. The summed E-state index contributed by atoms with van der Waals surface area (Å²) in [5.41, 5.74) is 0.204. The van der Waals surface area contributed by atoms with Gasteiger partial charge in [0.15, 0.2) is 0 Å². The van der Waals surface area contributed by atoms with Crippen LogP contribution < -0.4 is 4.90 Å². The number of nitro benzene ring substituents is 1. The largest absolute Gasteiger partial charge is 0.478 e. The molecular formula is C13H18N2O5. The quantitative estimate of drug-likeness (QED) is 0.608. The van der Waals surface area contributed by atoms with Crippen molar-refractivity contribution in [3.63, 3.8) is 0 Å². The van der Waals surface area contributed by atoms with Gasteiger partial charge in [0.05, 0.1) is 17.1 Å². The van der Waals surface area contributed by atoms with Crippen molar-refractivity contribution in [2.45, 2.75) is 19.9 Å². The van der Waals surface area contributed by atoms with Gasteiger partial charge in [0.25, 0.3) is 5.69 Å². The average molecular weight is 282 g/mol. The van der Waals surface area contributed by atoms with E-state index in [9.17, 15) is 14.9 Å². The van der Waals surface area contributed by atoms with Crippen LogP contribution in [0.1, 0.15) is 24.2 Å². The summed E-state index contributed by atoms with van der Waals surface area (Å²) in [5, 5.41) is 20.1. The van der Waals surface area contributed by atoms with Crippen LogP contribution in [0, 0.1) is 10.1 Å². The lowest BCUT2D eigenvalue weighted by Crippen LogP contribution is -2.36. The SMILES string of the molecule is CCN(c1cc(C(=O)O)ccc1[N+](=O)[O-])C(C)COC. The summed E-state index contributed by atoms with van der Waals surface area (Å²) >= 11 is 0. The van der Waals surface area contributed by atoms with E-state index in [0.717, 1.165) is 0 Å². The highest BCUT2D eigenvalue weighted by atomic mass is 16.6. The first kappa shape index (κ1) is 15.9. The molecule has 0 aromatic heterocycles. The number of carbonyl (C=O) groups is 1. The predicted octanol–water partition coefficient (Wildman–Crippen LogP) is 2.15. The number of benzene rings is 1. The molecule has 0 heterocycles. The molecule has 0 radical (unpaired) electrons. The molecule has 0 bridgehead atoms.